The average Bonchev–Trinajstić information content (AvgIpc) is 2.46. The first-order chi connectivity index (χ1) is 9.59. The molecular weight excluding hydrogens is 255 g/mol. The first kappa shape index (κ1) is 14.5. The van der Waals surface area contributed by atoms with Gasteiger partial charge in [-0.1, -0.05) is 19.1 Å². The summed E-state index contributed by atoms with van der Waals surface area (Å²) in [6.07, 6.45) is 1.81. The summed E-state index contributed by atoms with van der Waals surface area (Å²) in [4.78, 5) is 4.11. The van der Waals surface area contributed by atoms with Crippen LogP contribution in [0.1, 0.15) is 24.6 Å². The molecule has 4 heteroatoms. The summed E-state index contributed by atoms with van der Waals surface area (Å²) in [7, 11) is 0. The highest BCUT2D eigenvalue weighted by Crippen LogP contribution is 2.28. The van der Waals surface area contributed by atoms with E-state index in [4.69, 9.17) is 0 Å². The summed E-state index contributed by atoms with van der Waals surface area (Å²) >= 11 is 0. The summed E-state index contributed by atoms with van der Waals surface area (Å²) in [5.41, 5.74) is 1.96. The lowest BCUT2D eigenvalue weighted by Crippen LogP contribution is -2.39. The summed E-state index contributed by atoms with van der Waals surface area (Å²) in [6, 6.07) is 10.9. The molecule has 0 aliphatic carbocycles. The van der Waals surface area contributed by atoms with E-state index in [1.807, 2.05) is 38.1 Å². The van der Waals surface area contributed by atoms with Gasteiger partial charge in [0.15, 0.2) is 0 Å². The standard InChI is InChI=1S/C16H19FN2O/c1-3-16(11-20,15-8-7-13(17)10-18-15)19-14-6-4-5-12(2)9-14/h4-10,19-20H,3,11H2,1-2H3. The third kappa shape index (κ3) is 2.96. The third-order valence-electron chi connectivity index (χ3n) is 3.49. The molecule has 0 bridgehead atoms. The number of aliphatic hydroxyl groups excluding tert-OH is 1. The molecule has 0 fully saturated rings. The Morgan fingerprint density at radius 2 is 2.10 bits per heavy atom. The number of pyridine rings is 1. The van der Waals surface area contributed by atoms with Crippen molar-refractivity contribution in [3.63, 3.8) is 0 Å². The maximum Gasteiger partial charge on any atom is 0.141 e. The predicted octanol–water partition coefficient (Wildman–Crippen LogP) is 3.24. The van der Waals surface area contributed by atoms with Crippen LogP contribution in [-0.4, -0.2) is 16.7 Å². The van der Waals surface area contributed by atoms with Gasteiger partial charge in [-0.25, -0.2) is 4.39 Å². The lowest BCUT2D eigenvalue weighted by molar-refractivity contribution is 0.204. The third-order valence-corrected chi connectivity index (χ3v) is 3.49. The molecule has 0 aliphatic rings. The molecule has 0 saturated carbocycles. The number of nitrogens with zero attached hydrogens (tertiary/aromatic N) is 1. The molecule has 1 aromatic carbocycles. The van der Waals surface area contributed by atoms with Crippen LogP contribution in [0.2, 0.25) is 0 Å². The highest BCUT2D eigenvalue weighted by Gasteiger charge is 2.31. The van der Waals surface area contributed by atoms with Crippen molar-refractivity contribution in [2.75, 3.05) is 11.9 Å². The monoisotopic (exact) mass is 274 g/mol. The summed E-state index contributed by atoms with van der Waals surface area (Å²) in [5.74, 6) is -0.382. The molecule has 2 N–H and O–H groups in total. The van der Waals surface area contributed by atoms with Crippen LogP contribution in [0.3, 0.4) is 0 Å². The summed E-state index contributed by atoms with van der Waals surface area (Å²) < 4.78 is 13.0. The van der Waals surface area contributed by atoms with Crippen molar-refractivity contribution < 1.29 is 9.50 Å². The van der Waals surface area contributed by atoms with E-state index >= 15 is 0 Å². The average molecular weight is 274 g/mol. The van der Waals surface area contributed by atoms with Crippen LogP contribution in [0.5, 0.6) is 0 Å². The molecule has 0 aliphatic heterocycles. The van der Waals surface area contributed by atoms with Crippen molar-refractivity contribution in [2.24, 2.45) is 0 Å². The van der Waals surface area contributed by atoms with E-state index in [0.717, 1.165) is 11.3 Å². The molecule has 2 aromatic rings. The van der Waals surface area contributed by atoms with Crippen molar-refractivity contribution in [3.05, 3.63) is 59.7 Å². The molecule has 1 atom stereocenters. The first-order valence-electron chi connectivity index (χ1n) is 6.67. The molecule has 0 spiro atoms. The highest BCUT2D eigenvalue weighted by atomic mass is 19.1. The van der Waals surface area contributed by atoms with Gasteiger partial charge in [-0.15, -0.1) is 0 Å². The Hall–Kier alpha value is -1.94. The minimum absolute atomic E-state index is 0.115. The van der Waals surface area contributed by atoms with E-state index in [2.05, 4.69) is 10.3 Å². The molecule has 1 aromatic heterocycles. The number of aryl methyl sites for hydroxylation is 1. The van der Waals surface area contributed by atoms with Gasteiger partial charge in [0.1, 0.15) is 11.4 Å². The van der Waals surface area contributed by atoms with Gasteiger partial charge in [0, 0.05) is 5.69 Å². The number of hydrogen-bond donors (Lipinski definition) is 2. The van der Waals surface area contributed by atoms with Crippen molar-refractivity contribution >= 4 is 5.69 Å². The maximum absolute atomic E-state index is 13.0. The molecule has 2 rings (SSSR count). The number of anilines is 1. The van der Waals surface area contributed by atoms with Crippen molar-refractivity contribution in [3.8, 4) is 0 Å². The Balaban J connectivity index is 2.36. The van der Waals surface area contributed by atoms with Gasteiger partial charge in [-0.2, -0.15) is 0 Å². The fourth-order valence-corrected chi connectivity index (χ4v) is 2.22. The first-order valence-corrected chi connectivity index (χ1v) is 6.67. The number of benzene rings is 1. The second-order valence-electron chi connectivity index (χ2n) is 4.95. The summed E-state index contributed by atoms with van der Waals surface area (Å²) in [6.45, 7) is 3.86. The van der Waals surface area contributed by atoms with E-state index in [1.54, 1.807) is 6.07 Å². The molecule has 0 saturated heterocycles. The lowest BCUT2D eigenvalue weighted by Gasteiger charge is -2.32. The van der Waals surface area contributed by atoms with Crippen molar-refractivity contribution in [2.45, 2.75) is 25.8 Å². The van der Waals surface area contributed by atoms with Crippen LogP contribution >= 0.6 is 0 Å². The number of aromatic nitrogens is 1. The molecular formula is C16H19FN2O. The SMILES string of the molecule is CCC(CO)(Nc1cccc(C)c1)c1ccc(F)cn1. The minimum atomic E-state index is -0.707. The largest absolute Gasteiger partial charge is 0.394 e. The van der Waals surface area contributed by atoms with Gasteiger partial charge in [-0.05, 0) is 43.2 Å². The van der Waals surface area contributed by atoms with Gasteiger partial charge in [-0.3, -0.25) is 4.98 Å². The van der Waals surface area contributed by atoms with E-state index < -0.39 is 5.54 Å². The zero-order chi connectivity index (χ0) is 14.6. The van der Waals surface area contributed by atoms with Crippen molar-refractivity contribution in [1.29, 1.82) is 0 Å². The second-order valence-corrected chi connectivity index (χ2v) is 4.95. The van der Waals surface area contributed by atoms with Gasteiger partial charge >= 0.3 is 0 Å². The molecule has 1 heterocycles. The maximum atomic E-state index is 13.0. The zero-order valence-corrected chi connectivity index (χ0v) is 11.7. The highest BCUT2D eigenvalue weighted by molar-refractivity contribution is 5.49. The Kier molecular flexibility index (Phi) is 4.35. The molecule has 0 amide bonds. The van der Waals surface area contributed by atoms with Crippen LogP contribution in [0.25, 0.3) is 0 Å². The number of hydrogen-bond acceptors (Lipinski definition) is 3. The smallest absolute Gasteiger partial charge is 0.141 e. The van der Waals surface area contributed by atoms with Gasteiger partial charge < -0.3 is 10.4 Å². The van der Waals surface area contributed by atoms with E-state index in [-0.39, 0.29) is 12.4 Å². The minimum Gasteiger partial charge on any atom is -0.394 e. The molecule has 20 heavy (non-hydrogen) atoms. The van der Waals surface area contributed by atoms with Crippen LogP contribution < -0.4 is 5.32 Å². The second kappa shape index (κ2) is 6.01. The number of aliphatic hydroxyl groups is 1. The number of rotatable bonds is 5. The topological polar surface area (TPSA) is 45.1 Å². The van der Waals surface area contributed by atoms with E-state index in [9.17, 15) is 9.50 Å². The number of nitrogens with one attached hydrogen (secondary N) is 1. The molecule has 1 unspecified atom stereocenters. The Bertz CT molecular complexity index is 565. The van der Waals surface area contributed by atoms with Crippen molar-refractivity contribution in [1.82, 2.24) is 4.98 Å². The van der Waals surface area contributed by atoms with Gasteiger partial charge in [0.2, 0.25) is 0 Å². The van der Waals surface area contributed by atoms with Crippen LogP contribution in [0, 0.1) is 12.7 Å². The Labute approximate surface area is 118 Å². The van der Waals surface area contributed by atoms with Gasteiger partial charge in [0.05, 0.1) is 18.5 Å². The van der Waals surface area contributed by atoms with Crippen LogP contribution in [-0.2, 0) is 5.54 Å². The fraction of sp³-hybridized carbons (Fsp3) is 0.312. The normalized spacial score (nSPS) is 13.8. The summed E-state index contributed by atoms with van der Waals surface area (Å²) in [5, 5.41) is 13.2. The van der Waals surface area contributed by atoms with Gasteiger partial charge in [0.25, 0.3) is 0 Å². The fourth-order valence-electron chi connectivity index (χ4n) is 2.22. The molecule has 0 radical (unpaired) electrons. The van der Waals surface area contributed by atoms with Crippen LogP contribution in [0.15, 0.2) is 42.6 Å². The van der Waals surface area contributed by atoms with E-state index in [1.165, 1.54) is 12.3 Å². The predicted molar refractivity (Wildman–Crippen MR) is 78.1 cm³/mol. The van der Waals surface area contributed by atoms with Crippen LogP contribution in [0.4, 0.5) is 10.1 Å². The zero-order valence-electron chi connectivity index (χ0n) is 11.7. The lowest BCUT2D eigenvalue weighted by atomic mass is 9.91. The Morgan fingerprint density at radius 3 is 2.65 bits per heavy atom. The number of halogens is 1. The quantitative estimate of drug-likeness (QED) is 0.879. The Morgan fingerprint density at radius 1 is 1.30 bits per heavy atom. The van der Waals surface area contributed by atoms with E-state index in [0.29, 0.717) is 12.1 Å². The molecule has 3 nitrogen and oxygen atoms in total. The molecule has 106 valence electrons.